The summed E-state index contributed by atoms with van der Waals surface area (Å²) in [7, 11) is 0. The van der Waals surface area contributed by atoms with Gasteiger partial charge in [0.05, 0.1) is 0 Å². The Morgan fingerprint density at radius 1 is 0.778 bits per heavy atom. The molecule has 2 N–H and O–H groups in total. The number of aromatic hydroxyl groups is 2. The second-order valence-electron chi connectivity index (χ2n) is 4.86. The van der Waals surface area contributed by atoms with Crippen molar-refractivity contribution < 1.29 is 10.2 Å². The standard InChI is InChI=1S/C16H18O2/c1-9-8-13(5-6-14(9)17)15-10(2)7-11(3)16(18)12(15)4/h5-8,17-18H,1-4H3. The summed E-state index contributed by atoms with van der Waals surface area (Å²) < 4.78 is 0. The molecule has 0 aliphatic rings. The van der Waals surface area contributed by atoms with Crippen LogP contribution in [0.2, 0.25) is 0 Å². The van der Waals surface area contributed by atoms with Crippen LogP contribution in [0.15, 0.2) is 24.3 Å². The van der Waals surface area contributed by atoms with Crippen LogP contribution in [-0.4, -0.2) is 10.2 Å². The Kier molecular flexibility index (Phi) is 3.04. The molecule has 0 amide bonds. The lowest BCUT2D eigenvalue weighted by atomic mass is 9.92. The Hall–Kier alpha value is -1.96. The van der Waals surface area contributed by atoms with Gasteiger partial charge in [-0.15, -0.1) is 0 Å². The molecule has 0 saturated heterocycles. The average Bonchev–Trinajstić information content (AvgIpc) is 2.31. The number of rotatable bonds is 1. The van der Waals surface area contributed by atoms with Gasteiger partial charge < -0.3 is 10.2 Å². The van der Waals surface area contributed by atoms with Crippen molar-refractivity contribution in [3.63, 3.8) is 0 Å². The maximum absolute atomic E-state index is 10.0. The molecule has 2 aromatic carbocycles. The summed E-state index contributed by atoms with van der Waals surface area (Å²) in [6.45, 7) is 7.74. The van der Waals surface area contributed by atoms with E-state index >= 15 is 0 Å². The van der Waals surface area contributed by atoms with Gasteiger partial charge in [-0.1, -0.05) is 12.1 Å². The van der Waals surface area contributed by atoms with E-state index in [2.05, 4.69) is 0 Å². The largest absolute Gasteiger partial charge is 0.508 e. The van der Waals surface area contributed by atoms with Crippen molar-refractivity contribution in [2.24, 2.45) is 0 Å². The molecule has 2 nitrogen and oxygen atoms in total. The van der Waals surface area contributed by atoms with E-state index in [9.17, 15) is 10.2 Å². The fraction of sp³-hybridized carbons (Fsp3) is 0.250. The lowest BCUT2D eigenvalue weighted by Crippen LogP contribution is -1.92. The molecule has 0 aliphatic heterocycles. The van der Waals surface area contributed by atoms with E-state index in [-0.39, 0.29) is 0 Å². The third kappa shape index (κ3) is 1.94. The van der Waals surface area contributed by atoms with Gasteiger partial charge in [0.2, 0.25) is 0 Å². The molecular weight excluding hydrogens is 224 g/mol. The van der Waals surface area contributed by atoms with E-state index in [0.29, 0.717) is 11.5 Å². The Labute approximate surface area is 108 Å². The number of phenols is 2. The predicted molar refractivity (Wildman–Crippen MR) is 74.2 cm³/mol. The fourth-order valence-electron chi connectivity index (χ4n) is 2.43. The van der Waals surface area contributed by atoms with Gasteiger partial charge >= 0.3 is 0 Å². The lowest BCUT2D eigenvalue weighted by molar-refractivity contribution is 0.467. The fourth-order valence-corrected chi connectivity index (χ4v) is 2.43. The van der Waals surface area contributed by atoms with E-state index in [1.54, 1.807) is 6.07 Å². The van der Waals surface area contributed by atoms with Crippen LogP contribution in [0.4, 0.5) is 0 Å². The topological polar surface area (TPSA) is 40.5 Å². The van der Waals surface area contributed by atoms with Gasteiger partial charge in [-0.2, -0.15) is 0 Å². The first-order valence-electron chi connectivity index (χ1n) is 6.01. The number of benzene rings is 2. The van der Waals surface area contributed by atoms with Crippen molar-refractivity contribution in [3.8, 4) is 22.6 Å². The van der Waals surface area contributed by atoms with Crippen molar-refractivity contribution in [2.75, 3.05) is 0 Å². The van der Waals surface area contributed by atoms with Crippen molar-refractivity contribution in [1.29, 1.82) is 0 Å². The number of aryl methyl sites for hydroxylation is 3. The normalized spacial score (nSPS) is 10.7. The maximum Gasteiger partial charge on any atom is 0.122 e. The van der Waals surface area contributed by atoms with E-state index in [0.717, 1.165) is 33.4 Å². The Morgan fingerprint density at radius 2 is 1.44 bits per heavy atom. The molecule has 0 unspecified atom stereocenters. The van der Waals surface area contributed by atoms with Crippen LogP contribution in [0.5, 0.6) is 11.5 Å². The molecule has 0 radical (unpaired) electrons. The van der Waals surface area contributed by atoms with Crippen LogP contribution in [-0.2, 0) is 0 Å². The van der Waals surface area contributed by atoms with Crippen LogP contribution in [0.3, 0.4) is 0 Å². The van der Waals surface area contributed by atoms with Gasteiger partial charge in [0.25, 0.3) is 0 Å². The van der Waals surface area contributed by atoms with Crippen molar-refractivity contribution in [2.45, 2.75) is 27.7 Å². The predicted octanol–water partition coefficient (Wildman–Crippen LogP) is 4.00. The summed E-state index contributed by atoms with van der Waals surface area (Å²) in [6.07, 6.45) is 0. The van der Waals surface area contributed by atoms with Crippen LogP contribution in [0.1, 0.15) is 22.3 Å². The summed E-state index contributed by atoms with van der Waals surface area (Å²) in [5.74, 6) is 0.645. The monoisotopic (exact) mass is 242 g/mol. The van der Waals surface area contributed by atoms with Crippen LogP contribution in [0.25, 0.3) is 11.1 Å². The summed E-state index contributed by atoms with van der Waals surface area (Å²) in [5, 5.41) is 19.6. The molecule has 0 bridgehead atoms. The Balaban J connectivity index is 2.71. The van der Waals surface area contributed by atoms with Gasteiger partial charge in [0, 0.05) is 0 Å². The molecule has 0 spiro atoms. The van der Waals surface area contributed by atoms with Crippen LogP contribution in [0, 0.1) is 27.7 Å². The molecule has 0 atom stereocenters. The van der Waals surface area contributed by atoms with E-state index in [1.165, 1.54) is 0 Å². The third-order valence-corrected chi connectivity index (χ3v) is 3.42. The molecule has 18 heavy (non-hydrogen) atoms. The number of hydrogen-bond acceptors (Lipinski definition) is 2. The molecular formula is C16H18O2. The first-order chi connectivity index (χ1) is 8.41. The zero-order valence-electron chi connectivity index (χ0n) is 11.2. The quantitative estimate of drug-likeness (QED) is 0.793. The summed E-state index contributed by atoms with van der Waals surface area (Å²) in [6, 6.07) is 7.51. The molecule has 0 aromatic heterocycles. The maximum atomic E-state index is 10.0. The van der Waals surface area contributed by atoms with Crippen LogP contribution < -0.4 is 0 Å². The van der Waals surface area contributed by atoms with Gasteiger partial charge in [-0.25, -0.2) is 0 Å². The Morgan fingerprint density at radius 3 is 2.06 bits per heavy atom. The smallest absolute Gasteiger partial charge is 0.122 e. The Bertz CT molecular complexity index is 613. The molecule has 0 saturated carbocycles. The van der Waals surface area contributed by atoms with E-state index in [1.807, 2.05) is 45.9 Å². The second-order valence-corrected chi connectivity index (χ2v) is 4.86. The van der Waals surface area contributed by atoms with Crippen LogP contribution >= 0.6 is 0 Å². The minimum Gasteiger partial charge on any atom is -0.508 e. The molecule has 2 heteroatoms. The summed E-state index contributed by atoms with van der Waals surface area (Å²) in [5.41, 5.74) is 5.82. The van der Waals surface area contributed by atoms with Gasteiger partial charge in [0.1, 0.15) is 11.5 Å². The molecule has 0 fully saturated rings. The zero-order valence-corrected chi connectivity index (χ0v) is 11.2. The highest BCUT2D eigenvalue weighted by atomic mass is 16.3. The molecule has 0 aliphatic carbocycles. The molecule has 2 aromatic rings. The highest BCUT2D eigenvalue weighted by molar-refractivity contribution is 5.75. The molecule has 0 heterocycles. The lowest BCUT2D eigenvalue weighted by Gasteiger charge is -2.14. The average molecular weight is 242 g/mol. The van der Waals surface area contributed by atoms with E-state index < -0.39 is 0 Å². The van der Waals surface area contributed by atoms with E-state index in [4.69, 9.17) is 0 Å². The minimum absolute atomic E-state index is 0.297. The SMILES string of the molecule is Cc1cc(-c2c(C)cc(C)c(O)c2C)ccc1O. The highest BCUT2D eigenvalue weighted by Crippen LogP contribution is 2.36. The first kappa shape index (κ1) is 12.5. The summed E-state index contributed by atoms with van der Waals surface area (Å²) in [4.78, 5) is 0. The molecule has 94 valence electrons. The first-order valence-corrected chi connectivity index (χ1v) is 6.01. The number of phenolic OH excluding ortho intramolecular Hbond substituents is 2. The van der Waals surface area contributed by atoms with Crippen molar-refractivity contribution in [3.05, 3.63) is 46.5 Å². The number of hydrogen-bond donors (Lipinski definition) is 2. The third-order valence-electron chi connectivity index (χ3n) is 3.42. The van der Waals surface area contributed by atoms with Crippen molar-refractivity contribution in [1.82, 2.24) is 0 Å². The van der Waals surface area contributed by atoms with Gasteiger partial charge in [-0.3, -0.25) is 0 Å². The second kappa shape index (κ2) is 4.37. The molecule has 2 rings (SSSR count). The van der Waals surface area contributed by atoms with Gasteiger partial charge in [-0.05, 0) is 73.2 Å². The minimum atomic E-state index is 0.297. The van der Waals surface area contributed by atoms with Crippen molar-refractivity contribution >= 4 is 0 Å². The highest BCUT2D eigenvalue weighted by Gasteiger charge is 2.12. The van der Waals surface area contributed by atoms with Gasteiger partial charge in [0.15, 0.2) is 0 Å². The zero-order chi connectivity index (χ0) is 13.4. The summed E-state index contributed by atoms with van der Waals surface area (Å²) >= 11 is 0.